The molecule has 3 N–H and O–H groups in total. The third kappa shape index (κ3) is 1.85. The third-order valence-corrected chi connectivity index (χ3v) is 3.36. The summed E-state index contributed by atoms with van der Waals surface area (Å²) in [6, 6.07) is 12.3. The molecule has 2 amide bonds. The van der Waals surface area contributed by atoms with E-state index in [2.05, 4.69) is 20.3 Å². The maximum absolute atomic E-state index is 11.2. The summed E-state index contributed by atoms with van der Waals surface area (Å²) in [5.74, 6) is 0.0643. The summed E-state index contributed by atoms with van der Waals surface area (Å²) in [6.07, 6.45) is 0. The van der Waals surface area contributed by atoms with Gasteiger partial charge in [-0.2, -0.15) is 9.98 Å². The minimum Gasteiger partial charge on any atom is -0.493 e. The van der Waals surface area contributed by atoms with E-state index in [1.807, 2.05) is 24.3 Å². The zero-order chi connectivity index (χ0) is 14.4. The molecule has 1 aliphatic heterocycles. The number of aromatic amines is 1. The number of rotatable bonds is 2. The van der Waals surface area contributed by atoms with Crippen molar-refractivity contribution in [3.05, 3.63) is 53.2 Å². The molecule has 3 aromatic rings. The Morgan fingerprint density at radius 1 is 1.05 bits per heavy atom. The molecule has 1 aliphatic rings. The molecule has 0 spiro atoms. The summed E-state index contributed by atoms with van der Waals surface area (Å²) in [4.78, 5) is 21.6. The second-order valence-electron chi connectivity index (χ2n) is 4.73. The molecule has 1 aromatic heterocycles. The first-order chi connectivity index (χ1) is 10.2. The van der Waals surface area contributed by atoms with E-state index in [9.17, 15) is 9.90 Å². The molecule has 6 nitrogen and oxygen atoms in total. The van der Waals surface area contributed by atoms with Gasteiger partial charge in [-0.1, -0.05) is 18.2 Å². The van der Waals surface area contributed by atoms with E-state index < -0.39 is 6.03 Å². The van der Waals surface area contributed by atoms with Crippen LogP contribution >= 0.6 is 0 Å². The van der Waals surface area contributed by atoms with E-state index in [-0.39, 0.29) is 5.88 Å². The molecule has 0 fully saturated rings. The molecule has 102 valence electrons. The fraction of sp³-hybridized carbons (Fsp3) is 0. The summed E-state index contributed by atoms with van der Waals surface area (Å²) < 4.78 is 0. The fourth-order valence-corrected chi connectivity index (χ4v) is 2.41. The van der Waals surface area contributed by atoms with Crippen molar-refractivity contribution in [3.63, 3.8) is 0 Å². The van der Waals surface area contributed by atoms with Gasteiger partial charge in [-0.3, -0.25) is 0 Å². The molecule has 0 aliphatic carbocycles. The number of urea groups is 1. The zero-order valence-corrected chi connectivity index (χ0v) is 10.8. The Morgan fingerprint density at radius 2 is 1.86 bits per heavy atom. The van der Waals surface area contributed by atoms with Crippen molar-refractivity contribution in [1.29, 1.82) is 0 Å². The van der Waals surface area contributed by atoms with Crippen LogP contribution in [0.25, 0.3) is 10.9 Å². The topological polar surface area (TPSA) is 89.8 Å². The molecule has 0 bridgehead atoms. The smallest absolute Gasteiger partial charge is 0.368 e. The van der Waals surface area contributed by atoms with Crippen LogP contribution in [0.3, 0.4) is 0 Å². The minimum atomic E-state index is -0.489. The molecule has 2 heterocycles. The molecular weight excluding hydrogens is 268 g/mol. The van der Waals surface area contributed by atoms with Gasteiger partial charge in [-0.25, -0.2) is 4.79 Å². The number of nitrogens with zero attached hydrogens (tertiary/aromatic N) is 2. The molecule has 2 aromatic carbocycles. The molecule has 4 rings (SSSR count). The van der Waals surface area contributed by atoms with Crippen molar-refractivity contribution < 1.29 is 9.90 Å². The van der Waals surface area contributed by atoms with Gasteiger partial charge in [0.15, 0.2) is 0 Å². The normalized spacial score (nSPS) is 12.9. The third-order valence-electron chi connectivity index (χ3n) is 3.36. The van der Waals surface area contributed by atoms with Gasteiger partial charge in [0.05, 0.1) is 16.2 Å². The van der Waals surface area contributed by atoms with Crippen LogP contribution in [0.15, 0.2) is 52.4 Å². The number of nitrogens with one attached hydrogen (secondary N) is 2. The molecule has 0 saturated carbocycles. The van der Waals surface area contributed by atoms with Crippen LogP contribution in [-0.4, -0.2) is 16.1 Å². The van der Waals surface area contributed by atoms with Gasteiger partial charge in [0, 0.05) is 11.1 Å². The lowest BCUT2D eigenvalue weighted by Crippen LogP contribution is -2.21. The largest absolute Gasteiger partial charge is 0.493 e. The first-order valence-electron chi connectivity index (χ1n) is 6.39. The highest BCUT2D eigenvalue weighted by molar-refractivity contribution is 5.97. The van der Waals surface area contributed by atoms with Crippen molar-refractivity contribution in [2.24, 2.45) is 9.98 Å². The van der Waals surface area contributed by atoms with Crippen LogP contribution in [0.2, 0.25) is 0 Å². The molecule has 0 saturated heterocycles. The number of fused-ring (bicyclic) bond motifs is 2. The van der Waals surface area contributed by atoms with Crippen LogP contribution in [0.5, 0.6) is 5.88 Å². The van der Waals surface area contributed by atoms with Crippen molar-refractivity contribution >= 4 is 28.3 Å². The van der Waals surface area contributed by atoms with Gasteiger partial charge >= 0.3 is 6.03 Å². The second-order valence-corrected chi connectivity index (χ2v) is 4.73. The van der Waals surface area contributed by atoms with Gasteiger partial charge in [-0.05, 0) is 24.3 Å². The van der Waals surface area contributed by atoms with Gasteiger partial charge in [-0.15, -0.1) is 0 Å². The van der Waals surface area contributed by atoms with Crippen molar-refractivity contribution in [2.75, 3.05) is 5.32 Å². The predicted molar refractivity (Wildman–Crippen MR) is 77.4 cm³/mol. The second kappa shape index (κ2) is 4.17. The highest BCUT2D eigenvalue weighted by Crippen LogP contribution is 2.34. The van der Waals surface area contributed by atoms with Gasteiger partial charge in [0.1, 0.15) is 5.69 Å². The van der Waals surface area contributed by atoms with E-state index in [0.29, 0.717) is 16.4 Å². The number of carbonyl (C=O) groups excluding carboxylic acids is 1. The number of hydrogen-bond acceptors (Lipinski definition) is 3. The average molecular weight is 278 g/mol. The number of H-pyrrole nitrogens is 1. The molecular formula is C15H10N4O2. The van der Waals surface area contributed by atoms with Crippen LogP contribution in [0, 0.1) is 0 Å². The van der Waals surface area contributed by atoms with E-state index in [0.717, 1.165) is 16.6 Å². The monoisotopic (exact) mass is 278 g/mol. The van der Waals surface area contributed by atoms with Crippen molar-refractivity contribution in [1.82, 2.24) is 4.98 Å². The van der Waals surface area contributed by atoms with Crippen LogP contribution in [0.1, 0.15) is 0 Å². The zero-order valence-electron chi connectivity index (χ0n) is 10.8. The summed E-state index contributed by atoms with van der Waals surface area (Å²) in [5, 5.41) is 15.1. The molecule has 0 unspecified atom stereocenters. The van der Waals surface area contributed by atoms with E-state index in [1.165, 1.54) is 0 Å². The standard InChI is InChI=1S/C15H10N4O2/c20-14-13(9-3-1-2-4-10(9)17-14)16-8-5-6-11-12(7-8)19-15(21)18-11/h1-7,16-17,20H. The lowest BCUT2D eigenvalue weighted by molar-refractivity contribution is 0.256. The van der Waals surface area contributed by atoms with Crippen LogP contribution in [-0.2, 0) is 0 Å². The number of aromatic hydroxyl groups is 1. The SMILES string of the molecule is O=C1N=c2ccc(Nc3c(O)[nH]c4ccccc34)cc2=N1. The van der Waals surface area contributed by atoms with E-state index >= 15 is 0 Å². The summed E-state index contributed by atoms with van der Waals surface area (Å²) in [7, 11) is 0. The highest BCUT2D eigenvalue weighted by atomic mass is 16.3. The number of anilines is 2. The van der Waals surface area contributed by atoms with Crippen LogP contribution < -0.4 is 16.0 Å². The summed E-state index contributed by atoms with van der Waals surface area (Å²) in [6.45, 7) is 0. The Kier molecular flexibility index (Phi) is 2.32. The number of para-hydroxylation sites is 1. The maximum Gasteiger partial charge on any atom is 0.368 e. The molecule has 0 atom stereocenters. The number of benzene rings is 2. The Hall–Kier alpha value is -3.15. The lowest BCUT2D eigenvalue weighted by Gasteiger charge is -2.05. The predicted octanol–water partition coefficient (Wildman–Crippen LogP) is 1.99. The number of carbonyl (C=O) groups is 1. The molecule has 6 heteroatoms. The number of amides is 2. The van der Waals surface area contributed by atoms with E-state index in [1.54, 1.807) is 18.2 Å². The van der Waals surface area contributed by atoms with Gasteiger partial charge < -0.3 is 15.4 Å². The Labute approximate surface area is 118 Å². The Bertz CT molecular complexity index is 1000. The van der Waals surface area contributed by atoms with E-state index in [4.69, 9.17) is 0 Å². The maximum atomic E-state index is 11.2. The fourth-order valence-electron chi connectivity index (χ4n) is 2.41. The minimum absolute atomic E-state index is 0.0643. The first-order valence-corrected chi connectivity index (χ1v) is 6.39. The van der Waals surface area contributed by atoms with Gasteiger partial charge in [0.25, 0.3) is 0 Å². The highest BCUT2D eigenvalue weighted by Gasteiger charge is 2.11. The average Bonchev–Trinajstić information content (AvgIpc) is 2.98. The number of hydrogen-bond donors (Lipinski definition) is 3. The lowest BCUT2D eigenvalue weighted by atomic mass is 10.2. The summed E-state index contributed by atoms with van der Waals surface area (Å²) in [5.41, 5.74) is 2.16. The number of aromatic nitrogens is 1. The quantitative estimate of drug-likeness (QED) is 0.669. The molecule has 0 radical (unpaired) electrons. The summed E-state index contributed by atoms with van der Waals surface area (Å²) >= 11 is 0. The molecule has 21 heavy (non-hydrogen) atoms. The van der Waals surface area contributed by atoms with Crippen LogP contribution in [0.4, 0.5) is 16.2 Å². The first kappa shape index (κ1) is 11.7. The Morgan fingerprint density at radius 3 is 2.76 bits per heavy atom. The van der Waals surface area contributed by atoms with Crippen molar-refractivity contribution in [2.45, 2.75) is 0 Å². The van der Waals surface area contributed by atoms with Crippen molar-refractivity contribution in [3.8, 4) is 5.88 Å². The Balaban J connectivity index is 1.81. The van der Waals surface area contributed by atoms with Gasteiger partial charge in [0.2, 0.25) is 5.88 Å².